The van der Waals surface area contributed by atoms with Crippen LogP contribution in [0.25, 0.3) is 0 Å². The van der Waals surface area contributed by atoms with Crippen molar-refractivity contribution in [2.45, 2.75) is 13.1 Å². The van der Waals surface area contributed by atoms with E-state index in [1.54, 1.807) is 12.5 Å². The van der Waals surface area contributed by atoms with Crippen molar-refractivity contribution in [1.29, 1.82) is 0 Å². The zero-order valence-corrected chi connectivity index (χ0v) is 9.39. The van der Waals surface area contributed by atoms with Crippen LogP contribution in [0, 0.1) is 0 Å². The van der Waals surface area contributed by atoms with Crippen LogP contribution in [0.15, 0.2) is 47.3 Å². The summed E-state index contributed by atoms with van der Waals surface area (Å²) in [6, 6.07) is 10.3. The second-order valence-electron chi connectivity index (χ2n) is 3.86. The third kappa shape index (κ3) is 2.44. The third-order valence-electron chi connectivity index (χ3n) is 2.61. The summed E-state index contributed by atoms with van der Waals surface area (Å²) in [5.41, 5.74) is 9.06. The SMILES string of the molecule is CN(Cc1ccoc1)c1ccc(CN)cc1. The van der Waals surface area contributed by atoms with Crippen LogP contribution < -0.4 is 10.6 Å². The molecule has 0 aliphatic carbocycles. The lowest BCUT2D eigenvalue weighted by molar-refractivity contribution is 0.563. The number of nitrogens with zero attached hydrogens (tertiary/aromatic N) is 1. The van der Waals surface area contributed by atoms with Gasteiger partial charge in [0.1, 0.15) is 0 Å². The van der Waals surface area contributed by atoms with Crippen LogP contribution in [0.2, 0.25) is 0 Å². The molecule has 0 atom stereocenters. The normalized spacial score (nSPS) is 10.4. The number of benzene rings is 1. The van der Waals surface area contributed by atoms with Gasteiger partial charge in [0, 0.05) is 31.4 Å². The minimum absolute atomic E-state index is 0.589. The fourth-order valence-corrected chi connectivity index (χ4v) is 1.63. The molecular weight excluding hydrogens is 200 g/mol. The third-order valence-corrected chi connectivity index (χ3v) is 2.61. The maximum atomic E-state index is 5.56. The first kappa shape index (κ1) is 10.8. The van der Waals surface area contributed by atoms with Gasteiger partial charge in [-0.3, -0.25) is 0 Å². The average Bonchev–Trinajstić information content (AvgIpc) is 2.82. The molecule has 84 valence electrons. The topological polar surface area (TPSA) is 42.4 Å². The number of nitrogens with two attached hydrogens (primary N) is 1. The molecule has 0 saturated carbocycles. The van der Waals surface area contributed by atoms with E-state index in [9.17, 15) is 0 Å². The van der Waals surface area contributed by atoms with E-state index in [1.165, 1.54) is 11.3 Å². The summed E-state index contributed by atoms with van der Waals surface area (Å²) in [5.74, 6) is 0. The number of rotatable bonds is 4. The van der Waals surface area contributed by atoms with E-state index in [2.05, 4.69) is 36.2 Å². The van der Waals surface area contributed by atoms with Gasteiger partial charge in [0.25, 0.3) is 0 Å². The number of anilines is 1. The molecular formula is C13H16N2O. The molecule has 2 aromatic rings. The van der Waals surface area contributed by atoms with Gasteiger partial charge in [0.15, 0.2) is 0 Å². The van der Waals surface area contributed by atoms with Gasteiger partial charge >= 0.3 is 0 Å². The van der Waals surface area contributed by atoms with Crippen molar-refractivity contribution in [1.82, 2.24) is 0 Å². The molecule has 3 heteroatoms. The Morgan fingerprint density at radius 1 is 1.12 bits per heavy atom. The summed E-state index contributed by atoms with van der Waals surface area (Å²) in [4.78, 5) is 2.17. The fourth-order valence-electron chi connectivity index (χ4n) is 1.63. The Hall–Kier alpha value is -1.74. The highest BCUT2D eigenvalue weighted by Gasteiger charge is 2.02. The van der Waals surface area contributed by atoms with E-state index in [0.717, 1.165) is 12.1 Å². The summed E-state index contributed by atoms with van der Waals surface area (Å²) in [6.07, 6.45) is 3.46. The Balaban J connectivity index is 2.05. The van der Waals surface area contributed by atoms with Crippen molar-refractivity contribution in [2.24, 2.45) is 5.73 Å². The molecule has 0 unspecified atom stereocenters. The van der Waals surface area contributed by atoms with Gasteiger partial charge in [-0.15, -0.1) is 0 Å². The van der Waals surface area contributed by atoms with Crippen molar-refractivity contribution in [3.63, 3.8) is 0 Å². The quantitative estimate of drug-likeness (QED) is 0.853. The molecule has 2 N–H and O–H groups in total. The smallest absolute Gasteiger partial charge is 0.0952 e. The molecule has 0 radical (unpaired) electrons. The molecule has 0 aliphatic heterocycles. The van der Waals surface area contributed by atoms with Crippen molar-refractivity contribution < 1.29 is 4.42 Å². The highest BCUT2D eigenvalue weighted by Crippen LogP contribution is 2.16. The van der Waals surface area contributed by atoms with Crippen LogP contribution in [0.1, 0.15) is 11.1 Å². The second kappa shape index (κ2) is 4.86. The lowest BCUT2D eigenvalue weighted by Crippen LogP contribution is -2.15. The maximum absolute atomic E-state index is 5.56. The van der Waals surface area contributed by atoms with Gasteiger partial charge in [0.2, 0.25) is 0 Å². The summed E-state index contributed by atoms with van der Waals surface area (Å²) < 4.78 is 5.04. The lowest BCUT2D eigenvalue weighted by atomic mass is 10.2. The van der Waals surface area contributed by atoms with Crippen molar-refractivity contribution in [3.8, 4) is 0 Å². The Labute approximate surface area is 95.5 Å². The molecule has 3 nitrogen and oxygen atoms in total. The predicted octanol–water partition coefficient (Wildman–Crippen LogP) is 2.37. The van der Waals surface area contributed by atoms with Crippen LogP contribution in [-0.4, -0.2) is 7.05 Å². The molecule has 2 rings (SSSR count). The minimum Gasteiger partial charge on any atom is -0.472 e. The van der Waals surface area contributed by atoms with Gasteiger partial charge in [-0.2, -0.15) is 0 Å². The van der Waals surface area contributed by atoms with E-state index >= 15 is 0 Å². The van der Waals surface area contributed by atoms with Crippen molar-refractivity contribution in [3.05, 3.63) is 54.0 Å². The molecule has 0 bridgehead atoms. The molecule has 1 aromatic carbocycles. The zero-order valence-electron chi connectivity index (χ0n) is 9.39. The first-order chi connectivity index (χ1) is 7.79. The van der Waals surface area contributed by atoms with Gasteiger partial charge in [-0.25, -0.2) is 0 Å². The van der Waals surface area contributed by atoms with E-state index in [1.807, 2.05) is 6.07 Å². The Morgan fingerprint density at radius 2 is 1.88 bits per heavy atom. The zero-order chi connectivity index (χ0) is 11.4. The Morgan fingerprint density at radius 3 is 2.44 bits per heavy atom. The first-order valence-corrected chi connectivity index (χ1v) is 5.31. The predicted molar refractivity (Wildman–Crippen MR) is 65.1 cm³/mol. The lowest BCUT2D eigenvalue weighted by Gasteiger charge is -2.18. The van der Waals surface area contributed by atoms with Crippen LogP contribution >= 0.6 is 0 Å². The molecule has 0 aliphatic rings. The van der Waals surface area contributed by atoms with Crippen molar-refractivity contribution >= 4 is 5.69 Å². The fraction of sp³-hybridized carbons (Fsp3) is 0.231. The Bertz CT molecular complexity index is 420. The molecule has 0 spiro atoms. The summed E-state index contributed by atoms with van der Waals surface area (Å²) in [6.45, 7) is 1.43. The second-order valence-corrected chi connectivity index (χ2v) is 3.86. The van der Waals surface area contributed by atoms with E-state index in [0.29, 0.717) is 6.54 Å². The Kier molecular flexibility index (Phi) is 3.27. The van der Waals surface area contributed by atoms with Gasteiger partial charge in [0.05, 0.1) is 12.5 Å². The van der Waals surface area contributed by atoms with Crippen LogP contribution in [-0.2, 0) is 13.1 Å². The van der Waals surface area contributed by atoms with Gasteiger partial charge in [-0.1, -0.05) is 12.1 Å². The molecule has 0 amide bonds. The monoisotopic (exact) mass is 216 g/mol. The minimum atomic E-state index is 0.589. The molecule has 1 aromatic heterocycles. The van der Waals surface area contributed by atoms with Crippen LogP contribution in [0.5, 0.6) is 0 Å². The average molecular weight is 216 g/mol. The van der Waals surface area contributed by atoms with E-state index in [-0.39, 0.29) is 0 Å². The van der Waals surface area contributed by atoms with Gasteiger partial charge < -0.3 is 15.1 Å². The summed E-state index contributed by atoms with van der Waals surface area (Å²) >= 11 is 0. The number of hydrogen-bond donors (Lipinski definition) is 1. The van der Waals surface area contributed by atoms with Gasteiger partial charge in [-0.05, 0) is 23.8 Å². The first-order valence-electron chi connectivity index (χ1n) is 5.31. The molecule has 1 heterocycles. The largest absolute Gasteiger partial charge is 0.472 e. The number of furan rings is 1. The highest BCUT2D eigenvalue weighted by atomic mass is 16.3. The highest BCUT2D eigenvalue weighted by molar-refractivity contribution is 5.47. The van der Waals surface area contributed by atoms with Crippen molar-refractivity contribution in [2.75, 3.05) is 11.9 Å². The van der Waals surface area contributed by atoms with E-state index < -0.39 is 0 Å². The molecule has 0 saturated heterocycles. The standard InChI is InChI=1S/C13H16N2O/c1-15(9-12-6-7-16-10-12)13-4-2-11(8-14)3-5-13/h2-7,10H,8-9,14H2,1H3. The molecule has 0 fully saturated rings. The molecule has 16 heavy (non-hydrogen) atoms. The van der Waals surface area contributed by atoms with Crippen LogP contribution in [0.4, 0.5) is 5.69 Å². The number of hydrogen-bond acceptors (Lipinski definition) is 3. The van der Waals surface area contributed by atoms with E-state index in [4.69, 9.17) is 10.2 Å². The van der Waals surface area contributed by atoms with Crippen LogP contribution in [0.3, 0.4) is 0 Å². The summed E-state index contributed by atoms with van der Waals surface area (Å²) in [7, 11) is 2.06. The summed E-state index contributed by atoms with van der Waals surface area (Å²) in [5, 5.41) is 0. The maximum Gasteiger partial charge on any atom is 0.0952 e.